The standard InChI is InChI=1S/C21H28N4O2/c1-17(2)25(16-18-8-4-3-5-9-18)21(27)19(14-22)15-23-11-7-13-24-12-6-10-20(24)26/h3-5,8-9,15,17,23H,6-7,10-13,16H2,1-2H3/b19-15-. The third-order valence-corrected chi connectivity index (χ3v) is 4.60. The molecule has 2 amide bonds. The van der Waals surface area contributed by atoms with Crippen molar-refractivity contribution in [3.63, 3.8) is 0 Å². The third-order valence-electron chi connectivity index (χ3n) is 4.60. The van der Waals surface area contributed by atoms with Crippen molar-refractivity contribution in [1.29, 1.82) is 5.26 Å². The minimum absolute atomic E-state index is 0.0179. The Labute approximate surface area is 161 Å². The lowest BCUT2D eigenvalue weighted by Gasteiger charge is -2.26. The van der Waals surface area contributed by atoms with Gasteiger partial charge in [-0.1, -0.05) is 30.3 Å². The van der Waals surface area contributed by atoms with Crippen LogP contribution < -0.4 is 5.32 Å². The van der Waals surface area contributed by atoms with Gasteiger partial charge in [-0.25, -0.2) is 0 Å². The molecular formula is C21H28N4O2. The predicted octanol–water partition coefficient (Wildman–Crippen LogP) is 2.43. The van der Waals surface area contributed by atoms with E-state index in [1.807, 2.05) is 55.1 Å². The molecular weight excluding hydrogens is 340 g/mol. The number of rotatable bonds is 9. The highest BCUT2D eigenvalue weighted by Gasteiger charge is 2.21. The summed E-state index contributed by atoms with van der Waals surface area (Å²) in [6, 6.07) is 11.7. The van der Waals surface area contributed by atoms with Crippen molar-refractivity contribution in [2.24, 2.45) is 0 Å². The van der Waals surface area contributed by atoms with Gasteiger partial charge in [0.2, 0.25) is 5.91 Å². The SMILES string of the molecule is CC(C)N(Cc1ccccc1)C(=O)/C(C#N)=C\NCCCN1CCCC1=O. The van der Waals surface area contributed by atoms with Crippen LogP contribution in [-0.4, -0.2) is 47.3 Å². The number of likely N-dealkylation sites (tertiary alicyclic amines) is 1. The summed E-state index contributed by atoms with van der Waals surface area (Å²) in [6.07, 6.45) is 3.86. The van der Waals surface area contributed by atoms with Gasteiger partial charge in [-0.05, 0) is 32.3 Å². The van der Waals surface area contributed by atoms with Crippen molar-refractivity contribution in [3.05, 3.63) is 47.7 Å². The number of nitrogens with one attached hydrogen (secondary N) is 1. The molecule has 0 unspecified atom stereocenters. The van der Waals surface area contributed by atoms with Crippen LogP contribution in [0.15, 0.2) is 42.1 Å². The number of amides is 2. The van der Waals surface area contributed by atoms with Crippen LogP contribution in [0.25, 0.3) is 0 Å². The van der Waals surface area contributed by atoms with Crippen molar-refractivity contribution in [2.75, 3.05) is 19.6 Å². The van der Waals surface area contributed by atoms with E-state index in [9.17, 15) is 14.9 Å². The van der Waals surface area contributed by atoms with Crippen molar-refractivity contribution in [2.45, 2.75) is 45.7 Å². The molecule has 0 aliphatic carbocycles. The molecule has 1 aliphatic rings. The van der Waals surface area contributed by atoms with Gasteiger partial charge >= 0.3 is 0 Å². The average molecular weight is 368 g/mol. The summed E-state index contributed by atoms with van der Waals surface area (Å²) in [7, 11) is 0. The Morgan fingerprint density at radius 2 is 2.11 bits per heavy atom. The van der Waals surface area contributed by atoms with Crippen LogP contribution in [0.2, 0.25) is 0 Å². The molecule has 1 saturated heterocycles. The Bertz CT molecular complexity index is 707. The van der Waals surface area contributed by atoms with E-state index in [2.05, 4.69) is 5.32 Å². The second-order valence-corrected chi connectivity index (χ2v) is 6.97. The van der Waals surface area contributed by atoms with E-state index >= 15 is 0 Å². The predicted molar refractivity (Wildman–Crippen MR) is 104 cm³/mol. The summed E-state index contributed by atoms with van der Waals surface area (Å²) in [5, 5.41) is 12.4. The summed E-state index contributed by atoms with van der Waals surface area (Å²) in [5.41, 5.74) is 1.12. The van der Waals surface area contributed by atoms with E-state index < -0.39 is 0 Å². The fourth-order valence-electron chi connectivity index (χ4n) is 3.05. The van der Waals surface area contributed by atoms with Crippen LogP contribution in [0.4, 0.5) is 0 Å². The highest BCUT2D eigenvalue weighted by Crippen LogP contribution is 2.12. The highest BCUT2D eigenvalue weighted by molar-refractivity contribution is 5.97. The Balaban J connectivity index is 1.88. The average Bonchev–Trinajstić information content (AvgIpc) is 3.07. The highest BCUT2D eigenvalue weighted by atomic mass is 16.2. The molecule has 1 heterocycles. The summed E-state index contributed by atoms with van der Waals surface area (Å²) >= 11 is 0. The maximum Gasteiger partial charge on any atom is 0.266 e. The molecule has 0 spiro atoms. The fraction of sp³-hybridized carbons (Fsp3) is 0.476. The molecule has 0 bridgehead atoms. The number of carbonyl (C=O) groups excluding carboxylic acids is 2. The Kier molecular flexibility index (Phi) is 7.87. The molecule has 6 heteroatoms. The van der Waals surface area contributed by atoms with Gasteiger partial charge in [0.05, 0.1) is 0 Å². The number of hydrogen-bond acceptors (Lipinski definition) is 4. The van der Waals surface area contributed by atoms with Gasteiger partial charge in [-0.3, -0.25) is 9.59 Å². The molecule has 1 N–H and O–H groups in total. The molecule has 144 valence electrons. The van der Waals surface area contributed by atoms with E-state index in [4.69, 9.17) is 0 Å². The second kappa shape index (κ2) is 10.4. The minimum atomic E-state index is -0.279. The number of nitriles is 1. The Morgan fingerprint density at radius 3 is 2.70 bits per heavy atom. The van der Waals surface area contributed by atoms with Gasteiger partial charge in [-0.15, -0.1) is 0 Å². The Hall–Kier alpha value is -2.81. The van der Waals surface area contributed by atoms with Gasteiger partial charge < -0.3 is 15.1 Å². The number of hydrogen-bond donors (Lipinski definition) is 1. The number of nitrogens with zero attached hydrogens (tertiary/aromatic N) is 3. The molecule has 1 aromatic rings. The van der Waals surface area contributed by atoms with Crippen molar-refractivity contribution in [1.82, 2.24) is 15.1 Å². The van der Waals surface area contributed by atoms with Gasteiger partial charge in [0.25, 0.3) is 5.91 Å². The Morgan fingerprint density at radius 1 is 1.37 bits per heavy atom. The molecule has 0 aromatic heterocycles. The summed E-state index contributed by atoms with van der Waals surface area (Å²) in [6.45, 7) is 6.50. The van der Waals surface area contributed by atoms with Crippen LogP contribution in [0.3, 0.4) is 0 Å². The second-order valence-electron chi connectivity index (χ2n) is 6.97. The van der Waals surface area contributed by atoms with Crippen molar-refractivity contribution < 1.29 is 9.59 Å². The first-order valence-electron chi connectivity index (χ1n) is 9.49. The minimum Gasteiger partial charge on any atom is -0.390 e. The van der Waals surface area contributed by atoms with Gasteiger partial charge in [0, 0.05) is 44.8 Å². The van der Waals surface area contributed by atoms with Crippen LogP contribution in [0.5, 0.6) is 0 Å². The zero-order valence-corrected chi connectivity index (χ0v) is 16.1. The molecule has 2 rings (SSSR count). The maximum atomic E-state index is 12.8. The lowest BCUT2D eigenvalue weighted by atomic mass is 10.1. The van der Waals surface area contributed by atoms with Crippen LogP contribution in [-0.2, 0) is 16.1 Å². The first-order valence-corrected chi connectivity index (χ1v) is 9.49. The topological polar surface area (TPSA) is 76.4 Å². The first-order chi connectivity index (χ1) is 13.0. The van der Waals surface area contributed by atoms with Gasteiger partial charge in [0.1, 0.15) is 11.6 Å². The quantitative estimate of drug-likeness (QED) is 0.413. The molecule has 1 aromatic carbocycles. The smallest absolute Gasteiger partial charge is 0.266 e. The van der Waals surface area contributed by atoms with E-state index in [-0.39, 0.29) is 23.4 Å². The van der Waals surface area contributed by atoms with Crippen LogP contribution >= 0.6 is 0 Å². The zero-order valence-electron chi connectivity index (χ0n) is 16.1. The molecule has 0 radical (unpaired) electrons. The maximum absolute atomic E-state index is 12.8. The summed E-state index contributed by atoms with van der Waals surface area (Å²) < 4.78 is 0. The van der Waals surface area contributed by atoms with Gasteiger partial charge in [0.15, 0.2) is 0 Å². The molecule has 6 nitrogen and oxygen atoms in total. The first kappa shape index (κ1) is 20.5. The summed E-state index contributed by atoms with van der Waals surface area (Å²) in [5.74, 6) is -0.0644. The summed E-state index contributed by atoms with van der Waals surface area (Å²) in [4.78, 5) is 27.9. The molecule has 1 fully saturated rings. The third kappa shape index (κ3) is 6.14. The van der Waals surface area contributed by atoms with Crippen molar-refractivity contribution in [3.8, 4) is 6.07 Å². The van der Waals surface area contributed by atoms with E-state index in [0.717, 1.165) is 24.9 Å². The fourth-order valence-corrected chi connectivity index (χ4v) is 3.05. The molecule has 0 saturated carbocycles. The lowest BCUT2D eigenvalue weighted by Crippen LogP contribution is -2.37. The molecule has 27 heavy (non-hydrogen) atoms. The monoisotopic (exact) mass is 368 g/mol. The van der Waals surface area contributed by atoms with Crippen molar-refractivity contribution >= 4 is 11.8 Å². The number of carbonyl (C=O) groups is 2. The molecule has 1 aliphatic heterocycles. The van der Waals surface area contributed by atoms with E-state index in [1.165, 1.54) is 6.20 Å². The normalized spacial score (nSPS) is 14.4. The number of benzene rings is 1. The van der Waals surface area contributed by atoms with Gasteiger partial charge in [-0.2, -0.15) is 5.26 Å². The van der Waals surface area contributed by atoms with Crippen LogP contribution in [0.1, 0.15) is 38.7 Å². The van der Waals surface area contributed by atoms with E-state index in [0.29, 0.717) is 26.1 Å². The van der Waals surface area contributed by atoms with Crippen LogP contribution in [0, 0.1) is 11.3 Å². The van der Waals surface area contributed by atoms with E-state index in [1.54, 1.807) is 4.90 Å². The largest absolute Gasteiger partial charge is 0.390 e. The molecule has 0 atom stereocenters. The lowest BCUT2D eigenvalue weighted by molar-refractivity contribution is -0.129. The zero-order chi connectivity index (χ0) is 19.6.